The maximum absolute atomic E-state index is 14.4. The first-order chi connectivity index (χ1) is 29.8. The monoisotopic (exact) mass is 879 g/mol. The van der Waals surface area contributed by atoms with Crippen LogP contribution in [0.3, 0.4) is 0 Å². The first-order valence-electron chi connectivity index (χ1n) is 24.9. The number of unbranched alkanes of at least 4 members (excludes halogenated alkanes) is 10. The molecular weight excluding hydrogens is 789 g/mol. The van der Waals surface area contributed by atoms with Gasteiger partial charge in [0, 0.05) is 34.0 Å². The predicted molar refractivity (Wildman–Crippen MR) is 272 cm³/mol. The number of phenols is 1. The Hall–Kier alpha value is -3.82. The summed E-state index contributed by atoms with van der Waals surface area (Å²) < 4.78 is 13.8. The average Bonchev–Trinajstić information content (AvgIpc) is 3.19. The van der Waals surface area contributed by atoms with Gasteiger partial charge in [-0.15, -0.1) is 0 Å². The second kappa shape index (κ2) is 23.6. The zero-order chi connectivity index (χ0) is 48.1. The van der Waals surface area contributed by atoms with E-state index < -0.39 is 11.6 Å². The van der Waals surface area contributed by atoms with Crippen molar-refractivity contribution in [3.05, 3.63) is 87.0 Å². The molecule has 0 bridgehead atoms. The fraction of sp³-hybridized carbons (Fsp3) is 0.655. The predicted octanol–water partition coefficient (Wildman–Crippen LogP) is 15.7. The van der Waals surface area contributed by atoms with E-state index in [2.05, 4.69) is 141 Å². The number of phenolic OH excluding ortho intramolecular Hbond substituents is 1. The van der Waals surface area contributed by atoms with Gasteiger partial charge in [-0.1, -0.05) is 175 Å². The Labute approximate surface area is 391 Å². The molecule has 3 rings (SSSR count). The summed E-state index contributed by atoms with van der Waals surface area (Å²) in [7, 11) is 0. The number of hydrogen-bond donors (Lipinski definition) is 2. The molecule has 0 saturated heterocycles. The van der Waals surface area contributed by atoms with E-state index in [4.69, 9.17) is 14.5 Å². The molecule has 356 valence electrons. The average molecular weight is 879 g/mol. The summed E-state index contributed by atoms with van der Waals surface area (Å²) in [6.07, 6.45) is 16.4. The molecule has 0 amide bonds. The molecule has 0 aliphatic rings. The van der Waals surface area contributed by atoms with Crippen molar-refractivity contribution in [3.8, 4) is 23.3 Å². The van der Waals surface area contributed by atoms with Gasteiger partial charge in [0.15, 0.2) is 0 Å². The van der Waals surface area contributed by atoms with Crippen LogP contribution in [-0.2, 0) is 27.3 Å². The van der Waals surface area contributed by atoms with Crippen LogP contribution in [-0.4, -0.2) is 35.7 Å². The van der Waals surface area contributed by atoms with Gasteiger partial charge >= 0.3 is 0 Å². The highest BCUT2D eigenvalue weighted by atomic mass is 16.5. The van der Waals surface area contributed by atoms with E-state index in [1.54, 1.807) is 18.3 Å². The van der Waals surface area contributed by atoms with E-state index in [1.165, 1.54) is 57.4 Å². The minimum absolute atomic E-state index is 0.0309. The van der Waals surface area contributed by atoms with Crippen molar-refractivity contribution in [1.82, 2.24) is 0 Å². The molecule has 0 saturated carbocycles. The van der Waals surface area contributed by atoms with E-state index in [1.807, 2.05) is 0 Å². The van der Waals surface area contributed by atoms with Gasteiger partial charge in [0.05, 0.1) is 30.9 Å². The Kier molecular flexibility index (Phi) is 20.1. The zero-order valence-corrected chi connectivity index (χ0v) is 43.5. The van der Waals surface area contributed by atoms with Crippen molar-refractivity contribution in [1.29, 1.82) is 5.26 Å². The number of aliphatic imine (C=N–C) groups is 1. The molecular formula is C58H90N2O4. The molecule has 0 radical (unpaired) electrons. The van der Waals surface area contributed by atoms with Crippen molar-refractivity contribution in [2.24, 2.45) is 10.9 Å². The van der Waals surface area contributed by atoms with E-state index in [9.17, 15) is 15.5 Å². The van der Waals surface area contributed by atoms with Gasteiger partial charge in [0.25, 0.3) is 0 Å². The lowest BCUT2D eigenvalue weighted by molar-refractivity contribution is 0.0447. The molecule has 0 aliphatic carbocycles. The third kappa shape index (κ3) is 15.1. The molecule has 6 heteroatoms. The fourth-order valence-electron chi connectivity index (χ4n) is 8.59. The van der Waals surface area contributed by atoms with Gasteiger partial charge in [0.2, 0.25) is 0 Å². The normalized spacial score (nSPS) is 13.5. The van der Waals surface area contributed by atoms with Crippen LogP contribution < -0.4 is 9.47 Å². The number of benzene rings is 3. The van der Waals surface area contributed by atoms with Crippen LogP contribution >= 0.6 is 0 Å². The largest absolute Gasteiger partial charge is 0.507 e. The summed E-state index contributed by atoms with van der Waals surface area (Å²) >= 11 is 0. The number of aromatic hydroxyl groups is 1. The van der Waals surface area contributed by atoms with Gasteiger partial charge in [-0.25, -0.2) is 0 Å². The lowest BCUT2D eigenvalue weighted by Gasteiger charge is -2.41. The molecule has 3 aromatic rings. The van der Waals surface area contributed by atoms with Gasteiger partial charge in [-0.05, 0) is 100 Å². The summed E-state index contributed by atoms with van der Waals surface area (Å²) in [5.41, 5.74) is 3.64. The van der Waals surface area contributed by atoms with Gasteiger partial charge < -0.3 is 19.7 Å². The first kappa shape index (κ1) is 54.5. The first-order valence-corrected chi connectivity index (χ1v) is 24.9. The molecule has 3 aromatic carbocycles. The number of aliphatic hydroxyl groups is 1. The summed E-state index contributed by atoms with van der Waals surface area (Å²) in [6.45, 7) is 36.9. The summed E-state index contributed by atoms with van der Waals surface area (Å²) in [5, 5.41) is 35.2. The van der Waals surface area contributed by atoms with Crippen LogP contribution in [0.15, 0.2) is 47.5 Å². The number of ether oxygens (including phenoxy) is 2. The maximum atomic E-state index is 14.4. The van der Waals surface area contributed by atoms with Crippen LogP contribution in [0.25, 0.3) is 0 Å². The SMILES string of the molecule is CCCCCCCCOc1c(C(C)(C)C)cc(C(O)(c2cc(C(C)(C)C)c(OCCCCCCCC)c(C(C)(C)C)c2)C(CC(C)C)N=Cc2cc(C#N)ccc2O)cc1C(C)(C)C. The quantitative estimate of drug-likeness (QED) is 0.0731. The van der Waals surface area contributed by atoms with Crippen molar-refractivity contribution in [2.75, 3.05) is 13.2 Å². The van der Waals surface area contributed by atoms with Gasteiger partial charge in [0.1, 0.15) is 22.8 Å². The van der Waals surface area contributed by atoms with Crippen LogP contribution in [0.2, 0.25) is 0 Å². The second-order valence-corrected chi connectivity index (χ2v) is 23.1. The lowest BCUT2D eigenvalue weighted by Crippen LogP contribution is -2.42. The minimum atomic E-state index is -1.65. The highest BCUT2D eigenvalue weighted by molar-refractivity contribution is 5.84. The molecule has 0 spiro atoms. The summed E-state index contributed by atoms with van der Waals surface area (Å²) in [6, 6.07) is 15.1. The number of hydrogen-bond acceptors (Lipinski definition) is 6. The van der Waals surface area contributed by atoms with Crippen molar-refractivity contribution in [3.63, 3.8) is 0 Å². The number of nitriles is 1. The van der Waals surface area contributed by atoms with Crippen LogP contribution in [0, 0.1) is 17.2 Å². The fourth-order valence-corrected chi connectivity index (χ4v) is 8.59. The zero-order valence-electron chi connectivity index (χ0n) is 43.5. The topological polar surface area (TPSA) is 95.1 Å². The Morgan fingerprint density at radius 1 is 0.594 bits per heavy atom. The summed E-state index contributed by atoms with van der Waals surface area (Å²) in [4.78, 5) is 5.28. The highest BCUT2D eigenvalue weighted by Gasteiger charge is 2.45. The van der Waals surface area contributed by atoms with Crippen molar-refractivity contribution >= 4 is 6.21 Å². The van der Waals surface area contributed by atoms with E-state index in [0.717, 1.165) is 70.6 Å². The summed E-state index contributed by atoms with van der Waals surface area (Å²) in [5.74, 6) is 2.00. The second-order valence-electron chi connectivity index (χ2n) is 23.1. The van der Waals surface area contributed by atoms with Crippen LogP contribution in [0.4, 0.5) is 0 Å². The molecule has 0 aromatic heterocycles. The standard InChI is InChI=1S/C58H90N2O4/c1-17-19-21-23-25-27-31-63-52-46(54(5,6)7)35-44(36-47(52)55(8,9)10)58(62,51(33-41(3)4)60-40-43-34-42(39-59)29-30-50(43)61)45-37-48(56(11,12)13)53(49(38-45)57(14,15)16)64-32-28-26-24-22-20-18-2/h29-30,34-38,40-41,51,61-62H,17-28,31-33H2,1-16H3. The van der Waals surface area contributed by atoms with Crippen LogP contribution in [0.1, 0.15) is 239 Å². The highest BCUT2D eigenvalue weighted by Crippen LogP contribution is 2.49. The lowest BCUT2D eigenvalue weighted by atomic mass is 9.69. The maximum Gasteiger partial charge on any atom is 0.137 e. The third-order valence-corrected chi connectivity index (χ3v) is 12.5. The molecule has 2 N–H and O–H groups in total. The number of nitrogens with zero attached hydrogens (tertiary/aromatic N) is 2. The Morgan fingerprint density at radius 2 is 0.969 bits per heavy atom. The molecule has 64 heavy (non-hydrogen) atoms. The van der Waals surface area contributed by atoms with E-state index in [0.29, 0.717) is 30.8 Å². The van der Waals surface area contributed by atoms with Crippen LogP contribution in [0.5, 0.6) is 17.2 Å². The molecule has 0 heterocycles. The molecule has 0 fully saturated rings. The molecule has 0 aliphatic heterocycles. The third-order valence-electron chi connectivity index (χ3n) is 12.5. The molecule has 1 atom stereocenters. The Morgan fingerprint density at radius 3 is 1.31 bits per heavy atom. The Balaban J connectivity index is 2.51. The Bertz CT molecular complexity index is 1820. The molecule has 6 nitrogen and oxygen atoms in total. The minimum Gasteiger partial charge on any atom is -0.507 e. The molecule has 1 unspecified atom stereocenters. The van der Waals surface area contributed by atoms with E-state index in [-0.39, 0.29) is 33.3 Å². The smallest absolute Gasteiger partial charge is 0.137 e. The van der Waals surface area contributed by atoms with Gasteiger partial charge in [-0.2, -0.15) is 5.26 Å². The van der Waals surface area contributed by atoms with Crippen molar-refractivity contribution < 1.29 is 19.7 Å². The van der Waals surface area contributed by atoms with Gasteiger partial charge in [-0.3, -0.25) is 4.99 Å². The van der Waals surface area contributed by atoms with E-state index >= 15 is 0 Å². The number of rotatable bonds is 23. The van der Waals surface area contributed by atoms with Crippen molar-refractivity contribution in [2.45, 2.75) is 228 Å².